The average molecular weight is 585 g/mol. The van der Waals surface area contributed by atoms with Gasteiger partial charge < -0.3 is 14.2 Å². The third-order valence-corrected chi connectivity index (χ3v) is 9.33. The van der Waals surface area contributed by atoms with Crippen molar-refractivity contribution < 1.29 is 40.6 Å². The quantitative estimate of drug-likeness (QED) is 0.229. The van der Waals surface area contributed by atoms with Crippen molar-refractivity contribution in [2.24, 2.45) is 23.7 Å². The van der Waals surface area contributed by atoms with Crippen LogP contribution in [0.25, 0.3) is 0 Å². The summed E-state index contributed by atoms with van der Waals surface area (Å²) in [5, 5.41) is 0. The molecule has 0 atom stereocenters. The summed E-state index contributed by atoms with van der Waals surface area (Å²) < 4.78 is 101. The summed E-state index contributed by atoms with van der Waals surface area (Å²) in [4.78, 5) is 0. The van der Waals surface area contributed by atoms with Crippen LogP contribution in [0.5, 0.6) is 5.75 Å². The minimum Gasteiger partial charge on any atom is -0.432 e. The zero-order chi connectivity index (χ0) is 29.1. The molecule has 226 valence electrons. The predicted octanol–water partition coefficient (Wildman–Crippen LogP) is 9.46. The van der Waals surface area contributed by atoms with Crippen molar-refractivity contribution in [3.05, 3.63) is 64.7 Å². The Morgan fingerprint density at radius 1 is 0.780 bits per heavy atom. The summed E-state index contributed by atoms with van der Waals surface area (Å²) in [6.45, 7) is 3.42. The van der Waals surface area contributed by atoms with Gasteiger partial charge in [-0.1, -0.05) is 44.7 Å². The first-order valence-corrected chi connectivity index (χ1v) is 14.9. The summed E-state index contributed by atoms with van der Waals surface area (Å²) in [6.07, 6.45) is 3.80. The molecule has 1 saturated heterocycles. The van der Waals surface area contributed by atoms with Gasteiger partial charge in [-0.05, 0) is 67.9 Å². The van der Waals surface area contributed by atoms with Crippen molar-refractivity contribution >= 4 is 0 Å². The maximum atomic E-state index is 15.2. The van der Waals surface area contributed by atoms with Crippen LogP contribution < -0.4 is 4.74 Å². The second kappa shape index (κ2) is 12.9. The number of hydrogen-bond donors (Lipinski definition) is 0. The summed E-state index contributed by atoms with van der Waals surface area (Å²) in [5.74, 6) is -5.84. The third kappa shape index (κ3) is 7.04. The summed E-state index contributed by atoms with van der Waals surface area (Å²) >= 11 is 0. The Morgan fingerprint density at radius 3 is 2.00 bits per heavy atom. The second-order valence-corrected chi connectivity index (χ2v) is 12.0. The number of halogens is 6. The van der Waals surface area contributed by atoms with Crippen LogP contribution in [0, 0.1) is 46.9 Å². The van der Waals surface area contributed by atoms with Gasteiger partial charge in [0.25, 0.3) is 0 Å². The van der Waals surface area contributed by atoms with Gasteiger partial charge in [-0.15, -0.1) is 0 Å². The average Bonchev–Trinajstić information content (AvgIpc) is 2.96. The van der Waals surface area contributed by atoms with Gasteiger partial charge in [-0.25, -0.2) is 17.6 Å². The van der Waals surface area contributed by atoms with E-state index in [0.717, 1.165) is 5.92 Å². The van der Waals surface area contributed by atoms with Crippen molar-refractivity contribution in [3.63, 3.8) is 0 Å². The van der Waals surface area contributed by atoms with Crippen molar-refractivity contribution in [1.29, 1.82) is 0 Å². The Labute approximate surface area is 237 Å². The molecular formula is C32H38F6O3. The fraction of sp³-hybridized carbons (Fsp3) is 0.625. The monoisotopic (exact) mass is 584 g/mol. The minimum atomic E-state index is -3.72. The van der Waals surface area contributed by atoms with Crippen LogP contribution in [0.1, 0.15) is 94.5 Å². The van der Waals surface area contributed by atoms with E-state index in [1.54, 1.807) is 12.1 Å². The molecule has 0 radical (unpaired) electrons. The largest absolute Gasteiger partial charge is 0.432 e. The molecule has 2 aromatic rings. The molecule has 2 saturated carbocycles. The first-order chi connectivity index (χ1) is 19.6. The molecule has 0 aromatic heterocycles. The molecule has 1 aliphatic heterocycles. The maximum Gasteiger partial charge on any atom is 0.400 e. The van der Waals surface area contributed by atoms with Crippen LogP contribution in [-0.4, -0.2) is 19.3 Å². The second-order valence-electron chi connectivity index (χ2n) is 12.0. The standard InChI is InChI=1S/C32H38F6O3/c1-2-3-19-4-6-20(7-5-19)23-17-39-31(40-18-23)22-10-13-26(27(33)14-22)21-8-11-24(12-9-21)32(37,38)41-25-15-28(34)30(36)29(35)16-25/h10,13-16,19-21,23-24,31H,2-9,11-12,17-18H2,1H3. The SMILES string of the molecule is CCCC1CCC(C2COC(c3ccc(C4CCC(C(F)(F)Oc5cc(F)c(F)c(F)c5)CC4)c(F)c3)OC2)CC1. The molecule has 41 heavy (non-hydrogen) atoms. The zero-order valence-corrected chi connectivity index (χ0v) is 23.3. The number of hydrogen-bond acceptors (Lipinski definition) is 3. The smallest absolute Gasteiger partial charge is 0.400 e. The van der Waals surface area contributed by atoms with Crippen LogP contribution in [0.2, 0.25) is 0 Å². The van der Waals surface area contributed by atoms with E-state index in [-0.39, 0.29) is 18.8 Å². The van der Waals surface area contributed by atoms with E-state index in [9.17, 15) is 22.0 Å². The van der Waals surface area contributed by atoms with E-state index >= 15 is 4.39 Å². The molecule has 0 unspecified atom stereocenters. The van der Waals surface area contributed by atoms with Crippen molar-refractivity contribution in [1.82, 2.24) is 0 Å². The first kappa shape index (κ1) is 30.2. The van der Waals surface area contributed by atoms with Gasteiger partial charge in [-0.3, -0.25) is 0 Å². The molecule has 0 spiro atoms. The van der Waals surface area contributed by atoms with E-state index in [2.05, 4.69) is 11.7 Å². The van der Waals surface area contributed by atoms with Crippen LogP contribution in [0.3, 0.4) is 0 Å². The van der Waals surface area contributed by atoms with Gasteiger partial charge >= 0.3 is 6.11 Å². The van der Waals surface area contributed by atoms with Crippen molar-refractivity contribution in [2.75, 3.05) is 13.2 Å². The fourth-order valence-electron chi connectivity index (χ4n) is 6.93. The van der Waals surface area contributed by atoms with Crippen molar-refractivity contribution in [2.45, 2.75) is 89.4 Å². The fourth-order valence-corrected chi connectivity index (χ4v) is 6.93. The first-order valence-electron chi connectivity index (χ1n) is 14.9. The van der Waals surface area contributed by atoms with Gasteiger partial charge in [-0.2, -0.15) is 8.78 Å². The molecule has 2 aliphatic carbocycles. The van der Waals surface area contributed by atoms with Crippen LogP contribution >= 0.6 is 0 Å². The molecule has 3 fully saturated rings. The van der Waals surface area contributed by atoms with E-state index in [1.165, 1.54) is 44.6 Å². The van der Waals surface area contributed by atoms with Crippen LogP contribution in [-0.2, 0) is 9.47 Å². The number of rotatable bonds is 8. The molecule has 3 aliphatic rings. The molecule has 5 rings (SSSR count). The Balaban J connectivity index is 1.12. The van der Waals surface area contributed by atoms with Gasteiger partial charge in [0, 0.05) is 23.6 Å². The number of ether oxygens (including phenoxy) is 3. The summed E-state index contributed by atoms with van der Waals surface area (Å²) in [5.41, 5.74) is 1.06. The van der Waals surface area contributed by atoms with E-state index in [0.29, 0.717) is 61.2 Å². The lowest BCUT2D eigenvalue weighted by Crippen LogP contribution is -2.37. The zero-order valence-electron chi connectivity index (χ0n) is 23.3. The Bertz CT molecular complexity index is 1140. The predicted molar refractivity (Wildman–Crippen MR) is 141 cm³/mol. The molecule has 2 aromatic carbocycles. The van der Waals surface area contributed by atoms with E-state index in [4.69, 9.17) is 9.47 Å². The molecule has 0 bridgehead atoms. The van der Waals surface area contributed by atoms with Gasteiger partial charge in [0.05, 0.1) is 19.1 Å². The molecule has 1 heterocycles. The van der Waals surface area contributed by atoms with E-state index in [1.807, 2.05) is 0 Å². The Morgan fingerprint density at radius 2 is 1.41 bits per heavy atom. The van der Waals surface area contributed by atoms with Crippen LogP contribution in [0.15, 0.2) is 30.3 Å². The summed E-state index contributed by atoms with van der Waals surface area (Å²) in [6, 6.07) is 5.67. The third-order valence-electron chi connectivity index (χ3n) is 9.33. The highest BCUT2D eigenvalue weighted by Gasteiger charge is 2.44. The lowest BCUT2D eigenvalue weighted by atomic mass is 9.75. The number of benzene rings is 2. The Kier molecular flexibility index (Phi) is 9.53. The highest BCUT2D eigenvalue weighted by Crippen LogP contribution is 2.44. The normalized spacial score (nSPS) is 29.3. The summed E-state index contributed by atoms with van der Waals surface area (Å²) in [7, 11) is 0. The van der Waals surface area contributed by atoms with Crippen LogP contribution in [0.4, 0.5) is 26.3 Å². The van der Waals surface area contributed by atoms with Gasteiger partial charge in [0.15, 0.2) is 23.7 Å². The van der Waals surface area contributed by atoms with Gasteiger partial charge in [0.1, 0.15) is 11.6 Å². The maximum absolute atomic E-state index is 15.2. The highest BCUT2D eigenvalue weighted by molar-refractivity contribution is 5.29. The molecule has 3 nitrogen and oxygen atoms in total. The highest BCUT2D eigenvalue weighted by atomic mass is 19.3. The topological polar surface area (TPSA) is 27.7 Å². The van der Waals surface area contributed by atoms with Crippen molar-refractivity contribution in [3.8, 4) is 5.75 Å². The molecule has 9 heteroatoms. The Hall–Kier alpha value is -2.26. The lowest BCUT2D eigenvalue weighted by molar-refractivity contribution is -0.222. The minimum absolute atomic E-state index is 0.0294. The molecular weight excluding hydrogens is 546 g/mol. The van der Waals surface area contributed by atoms with Gasteiger partial charge in [0.2, 0.25) is 0 Å². The molecule has 0 amide bonds. The lowest BCUT2D eigenvalue weighted by Gasteiger charge is -2.38. The molecule has 0 N–H and O–H groups in total. The number of alkyl halides is 2. The van der Waals surface area contributed by atoms with E-state index < -0.39 is 47.3 Å².